The van der Waals surface area contributed by atoms with E-state index in [0.717, 1.165) is 0 Å². The molecule has 21 heavy (non-hydrogen) atoms. The van der Waals surface area contributed by atoms with Crippen molar-refractivity contribution in [2.24, 2.45) is 0 Å². The Morgan fingerprint density at radius 1 is 1.38 bits per heavy atom. The van der Waals surface area contributed by atoms with Crippen molar-refractivity contribution in [3.05, 3.63) is 62.2 Å². The van der Waals surface area contributed by atoms with E-state index >= 15 is 0 Å². The van der Waals surface area contributed by atoms with Crippen LogP contribution in [-0.2, 0) is 6.54 Å². The Labute approximate surface area is 120 Å². The molecule has 7 heteroatoms. The van der Waals surface area contributed by atoms with Crippen LogP contribution in [0.25, 0.3) is 0 Å². The molecule has 110 valence electrons. The van der Waals surface area contributed by atoms with Crippen molar-refractivity contribution >= 4 is 5.91 Å². The molecule has 0 atom stereocenters. The number of rotatable bonds is 4. The molecule has 0 spiro atoms. The molecular formula is C14H16N4O3. The minimum Gasteiger partial charge on any atom is -0.350 e. The predicted molar refractivity (Wildman–Crippen MR) is 77.4 cm³/mol. The molecule has 2 aromatic rings. The van der Waals surface area contributed by atoms with Gasteiger partial charge in [-0.2, -0.15) is 0 Å². The van der Waals surface area contributed by atoms with Crippen LogP contribution < -0.4 is 16.4 Å². The highest BCUT2D eigenvalue weighted by molar-refractivity contribution is 5.93. The zero-order chi connectivity index (χ0) is 15.4. The SMILES string of the molecule is Cc1ncn(CCNC(=O)c2ccc[nH]c2=O)c(=O)c1C. The smallest absolute Gasteiger partial charge is 0.260 e. The number of carbonyl (C=O) groups is 1. The van der Waals surface area contributed by atoms with Crippen molar-refractivity contribution in [3.8, 4) is 0 Å². The van der Waals surface area contributed by atoms with Crippen LogP contribution >= 0.6 is 0 Å². The van der Waals surface area contributed by atoms with Gasteiger partial charge >= 0.3 is 0 Å². The Bertz CT molecular complexity index is 776. The zero-order valence-electron chi connectivity index (χ0n) is 11.8. The first kappa shape index (κ1) is 14.7. The average molecular weight is 288 g/mol. The molecule has 2 aromatic heterocycles. The number of aromatic amines is 1. The van der Waals surface area contributed by atoms with Crippen LogP contribution in [0.4, 0.5) is 0 Å². The number of aryl methyl sites for hydroxylation is 1. The molecular weight excluding hydrogens is 272 g/mol. The van der Waals surface area contributed by atoms with Crippen LogP contribution in [0, 0.1) is 13.8 Å². The van der Waals surface area contributed by atoms with Gasteiger partial charge < -0.3 is 10.3 Å². The van der Waals surface area contributed by atoms with Crippen LogP contribution in [0.1, 0.15) is 21.6 Å². The molecule has 0 fully saturated rings. The molecule has 7 nitrogen and oxygen atoms in total. The lowest BCUT2D eigenvalue weighted by Gasteiger charge is -2.08. The quantitative estimate of drug-likeness (QED) is 0.826. The molecule has 2 rings (SSSR count). The van der Waals surface area contributed by atoms with Crippen LogP contribution in [0.3, 0.4) is 0 Å². The van der Waals surface area contributed by atoms with Gasteiger partial charge in [0, 0.05) is 30.5 Å². The van der Waals surface area contributed by atoms with Gasteiger partial charge in [-0.15, -0.1) is 0 Å². The Hall–Kier alpha value is -2.70. The fourth-order valence-electron chi connectivity index (χ4n) is 1.82. The van der Waals surface area contributed by atoms with E-state index in [4.69, 9.17) is 0 Å². The van der Waals surface area contributed by atoms with Crippen molar-refractivity contribution in [2.75, 3.05) is 6.54 Å². The van der Waals surface area contributed by atoms with E-state index in [9.17, 15) is 14.4 Å². The third-order valence-corrected chi connectivity index (χ3v) is 3.22. The molecule has 0 aliphatic heterocycles. The first-order valence-electron chi connectivity index (χ1n) is 6.49. The van der Waals surface area contributed by atoms with E-state index in [2.05, 4.69) is 15.3 Å². The Kier molecular flexibility index (Phi) is 4.32. The second-order valence-corrected chi connectivity index (χ2v) is 4.62. The van der Waals surface area contributed by atoms with Gasteiger partial charge in [-0.05, 0) is 26.0 Å². The first-order valence-corrected chi connectivity index (χ1v) is 6.49. The predicted octanol–water partition coefficient (Wildman–Crippen LogP) is -0.0216. The van der Waals surface area contributed by atoms with Gasteiger partial charge in [0.2, 0.25) is 0 Å². The van der Waals surface area contributed by atoms with E-state index in [-0.39, 0.29) is 17.7 Å². The van der Waals surface area contributed by atoms with E-state index in [0.29, 0.717) is 17.8 Å². The molecule has 0 aliphatic carbocycles. The van der Waals surface area contributed by atoms with Crippen LogP contribution in [0.15, 0.2) is 34.2 Å². The van der Waals surface area contributed by atoms with Crippen molar-refractivity contribution in [2.45, 2.75) is 20.4 Å². The van der Waals surface area contributed by atoms with Gasteiger partial charge in [0.1, 0.15) is 5.56 Å². The molecule has 0 unspecified atom stereocenters. The molecule has 0 aromatic carbocycles. The normalized spacial score (nSPS) is 10.4. The number of hydrogen-bond donors (Lipinski definition) is 2. The van der Waals surface area contributed by atoms with Gasteiger partial charge in [-0.1, -0.05) is 0 Å². The van der Waals surface area contributed by atoms with Crippen molar-refractivity contribution in [1.29, 1.82) is 0 Å². The van der Waals surface area contributed by atoms with E-state index in [1.54, 1.807) is 19.9 Å². The van der Waals surface area contributed by atoms with Gasteiger partial charge in [0.05, 0.1) is 6.33 Å². The summed E-state index contributed by atoms with van der Waals surface area (Å²) in [4.78, 5) is 41.8. The van der Waals surface area contributed by atoms with Gasteiger partial charge in [-0.3, -0.25) is 19.0 Å². The first-order chi connectivity index (χ1) is 10.0. The van der Waals surface area contributed by atoms with Crippen LogP contribution in [-0.4, -0.2) is 27.0 Å². The maximum Gasteiger partial charge on any atom is 0.260 e. The minimum absolute atomic E-state index is 0.0445. The van der Waals surface area contributed by atoms with Crippen LogP contribution in [0.5, 0.6) is 0 Å². The number of nitrogens with one attached hydrogen (secondary N) is 2. The summed E-state index contributed by atoms with van der Waals surface area (Å²) in [6.45, 7) is 4.01. The van der Waals surface area contributed by atoms with Crippen molar-refractivity contribution in [1.82, 2.24) is 19.9 Å². The number of hydrogen-bond acceptors (Lipinski definition) is 4. The zero-order valence-corrected chi connectivity index (χ0v) is 11.8. The summed E-state index contributed by atoms with van der Waals surface area (Å²) in [5.74, 6) is -0.471. The molecule has 1 amide bonds. The lowest BCUT2D eigenvalue weighted by molar-refractivity contribution is 0.0950. The number of nitrogens with zero attached hydrogens (tertiary/aromatic N) is 2. The summed E-state index contributed by atoms with van der Waals surface area (Å²) in [7, 11) is 0. The summed E-state index contributed by atoms with van der Waals surface area (Å²) in [5, 5.41) is 2.60. The Morgan fingerprint density at radius 2 is 2.14 bits per heavy atom. The maximum absolute atomic E-state index is 11.9. The summed E-state index contributed by atoms with van der Waals surface area (Å²) < 4.78 is 1.43. The molecule has 0 radical (unpaired) electrons. The summed E-state index contributed by atoms with van der Waals surface area (Å²) in [6, 6.07) is 3.02. The molecule has 2 N–H and O–H groups in total. The maximum atomic E-state index is 11.9. The summed E-state index contributed by atoms with van der Waals surface area (Å²) in [5.41, 5.74) is 0.747. The van der Waals surface area contributed by atoms with Crippen molar-refractivity contribution < 1.29 is 4.79 Å². The Balaban J connectivity index is 2.01. The molecule has 0 saturated heterocycles. The minimum atomic E-state index is -0.471. The van der Waals surface area contributed by atoms with Crippen LogP contribution in [0.2, 0.25) is 0 Å². The number of aromatic nitrogens is 3. The lowest BCUT2D eigenvalue weighted by Crippen LogP contribution is -2.34. The molecule has 0 saturated carbocycles. The topological polar surface area (TPSA) is 96.8 Å². The molecule has 0 bridgehead atoms. The highest BCUT2D eigenvalue weighted by Gasteiger charge is 2.09. The fourth-order valence-corrected chi connectivity index (χ4v) is 1.82. The number of pyridine rings is 1. The van der Waals surface area contributed by atoms with Gasteiger partial charge in [0.25, 0.3) is 17.0 Å². The highest BCUT2D eigenvalue weighted by Crippen LogP contribution is 1.94. The largest absolute Gasteiger partial charge is 0.350 e. The third-order valence-electron chi connectivity index (χ3n) is 3.22. The summed E-state index contributed by atoms with van der Waals surface area (Å²) in [6.07, 6.45) is 2.91. The fraction of sp³-hybridized carbons (Fsp3) is 0.286. The number of carbonyl (C=O) groups excluding carboxylic acids is 1. The van der Waals surface area contributed by atoms with Gasteiger partial charge in [-0.25, -0.2) is 4.98 Å². The number of H-pyrrole nitrogens is 1. The monoisotopic (exact) mass is 288 g/mol. The highest BCUT2D eigenvalue weighted by atomic mass is 16.2. The second-order valence-electron chi connectivity index (χ2n) is 4.62. The molecule has 0 aliphatic rings. The van der Waals surface area contributed by atoms with Gasteiger partial charge in [0.15, 0.2) is 0 Å². The summed E-state index contributed by atoms with van der Waals surface area (Å²) >= 11 is 0. The standard InChI is InChI=1S/C14H16N4O3/c1-9-10(2)17-8-18(14(9)21)7-6-16-13(20)11-4-3-5-15-12(11)19/h3-5,8H,6-7H2,1-2H3,(H,15,19)(H,16,20). The van der Waals surface area contributed by atoms with Crippen molar-refractivity contribution in [3.63, 3.8) is 0 Å². The van der Waals surface area contributed by atoms with E-state index in [1.807, 2.05) is 0 Å². The third kappa shape index (κ3) is 3.25. The Morgan fingerprint density at radius 3 is 2.86 bits per heavy atom. The molecule has 2 heterocycles. The second kappa shape index (κ2) is 6.17. The van der Waals surface area contributed by atoms with E-state index < -0.39 is 11.5 Å². The average Bonchev–Trinajstić information content (AvgIpc) is 2.47. The van der Waals surface area contributed by atoms with E-state index in [1.165, 1.54) is 23.2 Å². The lowest BCUT2D eigenvalue weighted by atomic mass is 10.2. The number of amides is 1.